The predicted octanol–water partition coefficient (Wildman–Crippen LogP) is 2.76. The van der Waals surface area contributed by atoms with E-state index in [0.29, 0.717) is 5.92 Å². The Morgan fingerprint density at radius 3 is 3.11 bits per heavy atom. The Hall–Kier alpha value is -1.39. The highest BCUT2D eigenvalue weighted by Crippen LogP contribution is 2.26. The monoisotopic (exact) mass is 260 g/mol. The van der Waals surface area contributed by atoms with Crippen molar-refractivity contribution in [3.63, 3.8) is 0 Å². The molecule has 18 heavy (non-hydrogen) atoms. The van der Waals surface area contributed by atoms with Gasteiger partial charge in [0.2, 0.25) is 0 Å². The first-order chi connectivity index (χ1) is 8.76. The van der Waals surface area contributed by atoms with Gasteiger partial charge >= 0.3 is 0 Å². The zero-order valence-corrected chi connectivity index (χ0v) is 11.1. The number of hydrogen-bond acceptors (Lipinski definition) is 4. The van der Waals surface area contributed by atoms with Crippen LogP contribution in [0.1, 0.15) is 23.9 Å². The Labute approximate surface area is 110 Å². The van der Waals surface area contributed by atoms with E-state index in [1.165, 1.54) is 11.3 Å². The van der Waals surface area contributed by atoms with E-state index < -0.39 is 0 Å². The maximum atomic E-state index is 9.11. The molecule has 2 aromatic rings. The molecule has 0 saturated carbocycles. The lowest BCUT2D eigenvalue weighted by molar-refractivity contribution is 0.281. The van der Waals surface area contributed by atoms with Crippen molar-refractivity contribution in [2.45, 2.75) is 20.0 Å². The van der Waals surface area contributed by atoms with E-state index in [9.17, 15) is 0 Å². The third-order valence-corrected chi connectivity index (χ3v) is 4.26. The van der Waals surface area contributed by atoms with Crippen LogP contribution in [0.3, 0.4) is 0 Å². The van der Waals surface area contributed by atoms with Gasteiger partial charge in [-0.1, -0.05) is 19.1 Å². The molecular weight excluding hydrogens is 244 g/mol. The summed E-state index contributed by atoms with van der Waals surface area (Å²) in [7, 11) is 0. The molecule has 0 spiro atoms. The number of aliphatic hydroxyl groups is 1. The molecule has 3 rings (SSSR count). The Morgan fingerprint density at radius 2 is 2.39 bits per heavy atom. The van der Waals surface area contributed by atoms with Crippen LogP contribution in [0.5, 0.6) is 0 Å². The van der Waals surface area contributed by atoms with Crippen LogP contribution in [0.25, 0.3) is 15.9 Å². The van der Waals surface area contributed by atoms with Crippen LogP contribution in [0.15, 0.2) is 24.3 Å². The van der Waals surface area contributed by atoms with Gasteiger partial charge < -0.3 is 10.4 Å². The molecule has 4 heteroatoms. The largest absolute Gasteiger partial charge is 0.389 e. The number of allylic oxidation sites excluding steroid dienone is 1. The molecular formula is C14H16N2OS. The summed E-state index contributed by atoms with van der Waals surface area (Å²) in [5, 5.41) is 13.3. The first kappa shape index (κ1) is 11.7. The molecule has 1 aliphatic heterocycles. The van der Waals surface area contributed by atoms with Crippen molar-refractivity contribution in [2.75, 3.05) is 6.54 Å². The number of aromatic nitrogens is 1. The van der Waals surface area contributed by atoms with E-state index in [0.717, 1.165) is 28.2 Å². The Bertz CT molecular complexity index is 603. The smallest absolute Gasteiger partial charge is 0.119 e. The van der Waals surface area contributed by atoms with Gasteiger partial charge in [0.1, 0.15) is 5.01 Å². The van der Waals surface area contributed by atoms with E-state index >= 15 is 0 Å². The topological polar surface area (TPSA) is 45.2 Å². The second kappa shape index (κ2) is 4.71. The third kappa shape index (κ3) is 2.13. The SMILES string of the molecule is C[C@H]1CC=C(c2ccc3sc(CO)nc3c2)NC1. The molecule has 2 N–H and O–H groups in total. The van der Waals surface area contributed by atoms with Crippen LogP contribution in [0.2, 0.25) is 0 Å². The van der Waals surface area contributed by atoms with Gasteiger partial charge in [-0.2, -0.15) is 0 Å². The quantitative estimate of drug-likeness (QED) is 0.872. The van der Waals surface area contributed by atoms with Crippen molar-refractivity contribution < 1.29 is 5.11 Å². The van der Waals surface area contributed by atoms with Crippen LogP contribution in [0.4, 0.5) is 0 Å². The van der Waals surface area contributed by atoms with E-state index in [-0.39, 0.29) is 6.61 Å². The number of nitrogens with zero attached hydrogens (tertiary/aromatic N) is 1. The molecule has 0 aliphatic carbocycles. The molecule has 0 unspecified atom stereocenters. The minimum Gasteiger partial charge on any atom is -0.389 e. The normalized spacial score (nSPS) is 19.7. The molecule has 0 radical (unpaired) electrons. The van der Waals surface area contributed by atoms with Crippen LogP contribution in [-0.2, 0) is 6.61 Å². The number of rotatable bonds is 2. The Balaban J connectivity index is 1.97. The van der Waals surface area contributed by atoms with Gasteiger partial charge in [-0.15, -0.1) is 11.3 Å². The summed E-state index contributed by atoms with van der Waals surface area (Å²) >= 11 is 1.55. The lowest BCUT2D eigenvalue weighted by atomic mass is 10.0. The second-order valence-corrected chi connectivity index (χ2v) is 5.90. The van der Waals surface area contributed by atoms with E-state index in [1.54, 1.807) is 11.3 Å². The van der Waals surface area contributed by atoms with Crippen LogP contribution >= 0.6 is 11.3 Å². The molecule has 2 heterocycles. The van der Waals surface area contributed by atoms with E-state index in [1.807, 2.05) is 0 Å². The van der Waals surface area contributed by atoms with Crippen molar-refractivity contribution in [2.24, 2.45) is 5.92 Å². The fraction of sp³-hybridized carbons (Fsp3) is 0.357. The first-order valence-corrected chi connectivity index (χ1v) is 7.02. The van der Waals surface area contributed by atoms with Crippen LogP contribution < -0.4 is 5.32 Å². The van der Waals surface area contributed by atoms with Gasteiger partial charge in [-0.05, 0) is 30.0 Å². The molecule has 1 atom stereocenters. The summed E-state index contributed by atoms with van der Waals surface area (Å²) in [4.78, 5) is 4.42. The van der Waals surface area contributed by atoms with Crippen molar-refractivity contribution in [3.8, 4) is 0 Å². The summed E-state index contributed by atoms with van der Waals surface area (Å²) in [6.45, 7) is 3.30. The van der Waals surface area contributed by atoms with Crippen molar-refractivity contribution in [1.29, 1.82) is 0 Å². The number of aliphatic hydroxyl groups excluding tert-OH is 1. The van der Waals surface area contributed by atoms with Gasteiger partial charge in [0.15, 0.2) is 0 Å². The maximum Gasteiger partial charge on any atom is 0.119 e. The third-order valence-electron chi connectivity index (χ3n) is 3.24. The van der Waals surface area contributed by atoms with Gasteiger partial charge in [0, 0.05) is 12.2 Å². The van der Waals surface area contributed by atoms with Crippen molar-refractivity contribution in [1.82, 2.24) is 10.3 Å². The minimum absolute atomic E-state index is 0.0210. The highest BCUT2D eigenvalue weighted by atomic mass is 32.1. The fourth-order valence-corrected chi connectivity index (χ4v) is 3.00. The summed E-state index contributed by atoms with van der Waals surface area (Å²) in [6, 6.07) is 6.30. The molecule has 0 bridgehead atoms. The summed E-state index contributed by atoms with van der Waals surface area (Å²) < 4.78 is 1.13. The molecule has 1 aromatic heterocycles. The average Bonchev–Trinajstić information content (AvgIpc) is 2.81. The molecule has 0 amide bonds. The van der Waals surface area contributed by atoms with Crippen molar-refractivity contribution >= 4 is 27.3 Å². The van der Waals surface area contributed by atoms with Crippen molar-refractivity contribution in [3.05, 3.63) is 34.8 Å². The molecule has 94 valence electrons. The van der Waals surface area contributed by atoms with Gasteiger partial charge in [0.25, 0.3) is 0 Å². The molecule has 1 aromatic carbocycles. The lowest BCUT2D eigenvalue weighted by Crippen LogP contribution is -2.23. The number of nitrogens with one attached hydrogen (secondary N) is 1. The fourth-order valence-electron chi connectivity index (χ4n) is 2.19. The zero-order chi connectivity index (χ0) is 12.5. The van der Waals surface area contributed by atoms with Crippen LogP contribution in [-0.4, -0.2) is 16.6 Å². The predicted molar refractivity (Wildman–Crippen MR) is 75.3 cm³/mol. The molecule has 0 fully saturated rings. The summed E-state index contributed by atoms with van der Waals surface area (Å²) in [5.74, 6) is 0.706. The lowest BCUT2D eigenvalue weighted by Gasteiger charge is -2.20. The average molecular weight is 260 g/mol. The molecule has 0 saturated heterocycles. The summed E-state index contributed by atoms with van der Waals surface area (Å²) in [6.07, 6.45) is 3.38. The highest BCUT2D eigenvalue weighted by Gasteiger charge is 2.12. The van der Waals surface area contributed by atoms with E-state index in [4.69, 9.17) is 5.11 Å². The molecule has 3 nitrogen and oxygen atoms in total. The zero-order valence-electron chi connectivity index (χ0n) is 10.3. The standard InChI is InChI=1S/C14H16N2OS/c1-9-2-4-11(15-7-9)10-3-5-13-12(6-10)16-14(8-17)18-13/h3-6,9,15,17H,2,7-8H2,1H3/t9-/m0/s1. The number of fused-ring (bicyclic) bond motifs is 1. The molecule has 1 aliphatic rings. The van der Waals surface area contributed by atoms with Gasteiger partial charge in [-0.25, -0.2) is 4.98 Å². The number of benzene rings is 1. The highest BCUT2D eigenvalue weighted by molar-refractivity contribution is 7.18. The van der Waals surface area contributed by atoms with Gasteiger partial charge in [-0.3, -0.25) is 0 Å². The summed E-state index contributed by atoms with van der Waals surface area (Å²) in [5.41, 5.74) is 3.36. The van der Waals surface area contributed by atoms with E-state index in [2.05, 4.69) is 41.5 Å². The second-order valence-electron chi connectivity index (χ2n) is 4.79. The Kier molecular flexibility index (Phi) is 3.06. The number of hydrogen-bond donors (Lipinski definition) is 2. The first-order valence-electron chi connectivity index (χ1n) is 6.21. The Morgan fingerprint density at radius 1 is 1.50 bits per heavy atom. The maximum absolute atomic E-state index is 9.11. The van der Waals surface area contributed by atoms with Gasteiger partial charge in [0.05, 0.1) is 16.8 Å². The van der Waals surface area contributed by atoms with Crippen LogP contribution in [0, 0.1) is 5.92 Å². The number of thiazole rings is 1. The minimum atomic E-state index is 0.0210.